The van der Waals surface area contributed by atoms with Gasteiger partial charge in [0.2, 0.25) is 0 Å². The topological polar surface area (TPSA) is 120 Å². The number of halogens is 1. The van der Waals surface area contributed by atoms with Crippen LogP contribution in [0, 0.1) is 0 Å². The number of aromatic nitrogens is 2. The maximum absolute atomic E-state index is 11.9. The third kappa shape index (κ3) is 7.90. The number of primary amides is 1. The van der Waals surface area contributed by atoms with Crippen molar-refractivity contribution < 1.29 is 9.59 Å². The summed E-state index contributed by atoms with van der Waals surface area (Å²) in [5, 5.41) is 6.68. The van der Waals surface area contributed by atoms with Crippen molar-refractivity contribution in [3.63, 3.8) is 0 Å². The number of piperidine rings is 2. The summed E-state index contributed by atoms with van der Waals surface area (Å²) in [5.41, 5.74) is 8.90. The molecule has 0 unspecified atom stereocenters. The van der Waals surface area contributed by atoms with E-state index in [1.807, 2.05) is 12.1 Å². The molecule has 1 aromatic heterocycles. The number of rotatable bonds is 7. The lowest BCUT2D eigenvalue weighted by Gasteiger charge is -2.36. The fourth-order valence-electron chi connectivity index (χ4n) is 7.13. The van der Waals surface area contributed by atoms with Crippen LogP contribution in [-0.4, -0.2) is 72.1 Å². The van der Waals surface area contributed by atoms with E-state index in [1.54, 1.807) is 23.2 Å². The number of anilines is 4. The highest BCUT2D eigenvalue weighted by atomic mass is 35.5. The second-order valence-corrected chi connectivity index (χ2v) is 13.1. The van der Waals surface area contributed by atoms with Crippen LogP contribution in [0.5, 0.6) is 0 Å². The van der Waals surface area contributed by atoms with Gasteiger partial charge in [-0.25, -0.2) is 14.8 Å². The molecule has 2 aromatic carbocycles. The van der Waals surface area contributed by atoms with Crippen LogP contribution >= 0.6 is 11.6 Å². The zero-order chi connectivity index (χ0) is 31.9. The summed E-state index contributed by atoms with van der Waals surface area (Å²) in [6, 6.07) is 16.7. The maximum atomic E-state index is 11.9. The monoisotopic (exact) mass is 644 g/mol. The number of likely N-dealkylation sites (tertiary alicyclic amines) is 1. The number of urea groups is 1. The van der Waals surface area contributed by atoms with Crippen molar-refractivity contribution in [2.24, 2.45) is 5.73 Å². The Morgan fingerprint density at radius 1 is 0.913 bits per heavy atom. The molecule has 3 saturated heterocycles. The molecule has 4 aliphatic rings. The number of nitrogens with two attached hydrogens (primary N) is 1. The summed E-state index contributed by atoms with van der Waals surface area (Å²) in [6.07, 6.45) is 13.3. The first-order valence-corrected chi connectivity index (χ1v) is 17.2. The van der Waals surface area contributed by atoms with Gasteiger partial charge in [-0.15, -0.1) is 0 Å². The lowest BCUT2D eigenvalue weighted by molar-refractivity contribution is 0.0996. The molecule has 3 aromatic rings. The SMILES string of the molecule is NC(=O)c1ncc(N2CCCCC2)nc1Nc1ccc(C2CCN(C3CCCC3)CC2)cc1.O=C1NCCN1c1cccc(Cl)c1. The largest absolute Gasteiger partial charge is 0.364 e. The van der Waals surface area contributed by atoms with Crippen molar-refractivity contribution in [3.05, 3.63) is 71.0 Å². The fourth-order valence-corrected chi connectivity index (χ4v) is 7.31. The van der Waals surface area contributed by atoms with Gasteiger partial charge >= 0.3 is 6.03 Å². The van der Waals surface area contributed by atoms with Crippen LogP contribution in [0.1, 0.15) is 79.8 Å². The summed E-state index contributed by atoms with van der Waals surface area (Å²) in [6.45, 7) is 5.79. The Bertz CT molecular complexity index is 1480. The summed E-state index contributed by atoms with van der Waals surface area (Å²) < 4.78 is 0. The normalized spacial score (nSPS) is 19.5. The molecular formula is C35H45ClN8O2. The van der Waals surface area contributed by atoms with E-state index in [4.69, 9.17) is 22.3 Å². The molecule has 4 N–H and O–H groups in total. The lowest BCUT2D eigenvalue weighted by atomic mass is 9.88. The molecule has 10 nitrogen and oxygen atoms in total. The summed E-state index contributed by atoms with van der Waals surface area (Å²) >= 11 is 5.81. The predicted molar refractivity (Wildman–Crippen MR) is 184 cm³/mol. The van der Waals surface area contributed by atoms with Crippen LogP contribution in [0.15, 0.2) is 54.7 Å². The summed E-state index contributed by atoms with van der Waals surface area (Å²) in [5.74, 6) is 1.29. The first kappa shape index (κ1) is 32.1. The fraction of sp³-hybridized carbons (Fsp3) is 0.486. The molecule has 7 rings (SSSR count). The van der Waals surface area contributed by atoms with Crippen LogP contribution in [0.4, 0.5) is 27.8 Å². The lowest BCUT2D eigenvalue weighted by Crippen LogP contribution is -2.39. The maximum Gasteiger partial charge on any atom is 0.321 e. The van der Waals surface area contributed by atoms with Gasteiger partial charge in [-0.2, -0.15) is 0 Å². The molecule has 0 spiro atoms. The number of carbonyl (C=O) groups excluding carboxylic acids is 2. The van der Waals surface area contributed by atoms with E-state index in [0.717, 1.165) is 49.2 Å². The minimum atomic E-state index is -0.569. The molecule has 1 saturated carbocycles. The number of hydrogen-bond acceptors (Lipinski definition) is 7. The van der Waals surface area contributed by atoms with Crippen LogP contribution in [0.2, 0.25) is 5.02 Å². The highest BCUT2D eigenvalue weighted by Crippen LogP contribution is 2.33. The average molecular weight is 645 g/mol. The van der Waals surface area contributed by atoms with Gasteiger partial charge in [-0.1, -0.05) is 42.6 Å². The van der Waals surface area contributed by atoms with Gasteiger partial charge in [-0.3, -0.25) is 9.69 Å². The number of amides is 3. The highest BCUT2D eigenvalue weighted by Gasteiger charge is 2.28. The molecule has 11 heteroatoms. The van der Waals surface area contributed by atoms with Crippen molar-refractivity contribution in [3.8, 4) is 0 Å². The van der Waals surface area contributed by atoms with Crippen molar-refractivity contribution in [1.82, 2.24) is 20.2 Å². The molecule has 3 aliphatic heterocycles. The number of benzene rings is 2. The Hall–Kier alpha value is -3.89. The van der Waals surface area contributed by atoms with Gasteiger partial charge in [0.15, 0.2) is 11.5 Å². The molecule has 244 valence electrons. The van der Waals surface area contributed by atoms with Crippen molar-refractivity contribution in [1.29, 1.82) is 0 Å². The summed E-state index contributed by atoms with van der Waals surface area (Å²) in [4.78, 5) is 38.9. The Labute approximate surface area is 276 Å². The second kappa shape index (κ2) is 15.1. The summed E-state index contributed by atoms with van der Waals surface area (Å²) in [7, 11) is 0. The van der Waals surface area contributed by atoms with Gasteiger partial charge < -0.3 is 26.2 Å². The molecule has 0 atom stereocenters. The number of nitrogens with one attached hydrogen (secondary N) is 2. The molecule has 1 aliphatic carbocycles. The van der Waals surface area contributed by atoms with Crippen LogP contribution in [-0.2, 0) is 0 Å². The molecular weight excluding hydrogens is 600 g/mol. The third-order valence-corrected chi connectivity index (χ3v) is 9.90. The average Bonchev–Trinajstić information content (AvgIpc) is 3.78. The van der Waals surface area contributed by atoms with Gasteiger partial charge in [-0.05, 0) is 99.8 Å². The Morgan fingerprint density at radius 2 is 1.65 bits per heavy atom. The van der Waals surface area contributed by atoms with Crippen molar-refractivity contribution >= 4 is 46.5 Å². The van der Waals surface area contributed by atoms with Crippen LogP contribution in [0.25, 0.3) is 0 Å². The van der Waals surface area contributed by atoms with E-state index in [2.05, 4.69) is 49.7 Å². The zero-order valence-corrected chi connectivity index (χ0v) is 27.2. The van der Waals surface area contributed by atoms with Gasteiger partial charge in [0.1, 0.15) is 5.82 Å². The number of nitrogens with zero attached hydrogens (tertiary/aromatic N) is 5. The standard InChI is InChI=1S/C26H36N6O.C9H9ClN2O/c27-25(33)24-26(30-23(18-28-24)32-14-4-1-5-15-32)29-21-10-8-19(9-11-21)20-12-16-31(17-13-20)22-6-2-3-7-22;10-7-2-1-3-8(6-7)12-5-4-11-9(12)13/h8-11,18,20,22H,1-7,12-17H2,(H2,27,33)(H,29,30);1-3,6H,4-5H2,(H,11,13). The Balaban J connectivity index is 0.000000238. The number of hydrogen-bond donors (Lipinski definition) is 3. The van der Waals surface area contributed by atoms with E-state index in [-0.39, 0.29) is 11.7 Å². The van der Waals surface area contributed by atoms with E-state index >= 15 is 0 Å². The first-order chi connectivity index (χ1) is 22.4. The molecule has 0 radical (unpaired) electrons. The van der Waals surface area contributed by atoms with Crippen molar-refractivity contribution in [2.45, 2.75) is 69.7 Å². The first-order valence-electron chi connectivity index (χ1n) is 16.8. The number of carbonyl (C=O) groups is 2. The molecule has 3 amide bonds. The van der Waals surface area contributed by atoms with Crippen molar-refractivity contribution in [2.75, 3.05) is 54.4 Å². The third-order valence-electron chi connectivity index (χ3n) is 9.67. The predicted octanol–water partition coefficient (Wildman–Crippen LogP) is 6.30. The van der Waals surface area contributed by atoms with E-state index in [0.29, 0.717) is 29.8 Å². The molecule has 0 bridgehead atoms. The second-order valence-electron chi connectivity index (χ2n) is 12.7. The minimum Gasteiger partial charge on any atom is -0.364 e. The smallest absolute Gasteiger partial charge is 0.321 e. The Morgan fingerprint density at radius 3 is 2.30 bits per heavy atom. The quantitative estimate of drug-likeness (QED) is 0.276. The molecule has 4 fully saturated rings. The van der Waals surface area contributed by atoms with E-state index < -0.39 is 5.91 Å². The van der Waals surface area contributed by atoms with E-state index in [1.165, 1.54) is 63.6 Å². The highest BCUT2D eigenvalue weighted by molar-refractivity contribution is 6.30. The van der Waals surface area contributed by atoms with E-state index in [9.17, 15) is 9.59 Å². The molecule has 4 heterocycles. The van der Waals surface area contributed by atoms with Gasteiger partial charge in [0.25, 0.3) is 5.91 Å². The van der Waals surface area contributed by atoms with Crippen LogP contribution < -0.4 is 26.2 Å². The molecule has 46 heavy (non-hydrogen) atoms. The zero-order valence-electron chi connectivity index (χ0n) is 26.5. The minimum absolute atomic E-state index is 0.0535. The Kier molecular flexibility index (Phi) is 10.5. The van der Waals surface area contributed by atoms with Gasteiger partial charge in [0, 0.05) is 48.6 Å². The van der Waals surface area contributed by atoms with Gasteiger partial charge in [0.05, 0.1) is 6.20 Å². The van der Waals surface area contributed by atoms with Crippen LogP contribution in [0.3, 0.4) is 0 Å².